The number of carbonyl (C=O) groups is 1. The molecule has 0 atom stereocenters. The Balaban J connectivity index is 2.30. The van der Waals surface area contributed by atoms with Crippen molar-refractivity contribution < 1.29 is 14.6 Å². The van der Waals surface area contributed by atoms with Gasteiger partial charge in [0, 0.05) is 20.2 Å². The Morgan fingerprint density at radius 3 is 2.62 bits per heavy atom. The number of carboxylic acids is 1. The highest BCUT2D eigenvalue weighted by atomic mass is 16.5. The average molecular weight is 221 g/mol. The minimum absolute atomic E-state index is 0.299. The second-order valence-electron chi connectivity index (χ2n) is 4.20. The smallest absolute Gasteiger partial charge is 0.337 e. The van der Waals surface area contributed by atoms with Crippen molar-refractivity contribution in [1.29, 1.82) is 0 Å². The van der Waals surface area contributed by atoms with Gasteiger partial charge in [-0.05, 0) is 25.0 Å². The Kier molecular flexibility index (Phi) is 2.73. The van der Waals surface area contributed by atoms with Crippen molar-refractivity contribution in [3.63, 3.8) is 0 Å². The summed E-state index contributed by atoms with van der Waals surface area (Å²) in [4.78, 5) is 12.8. The molecule has 0 bridgehead atoms. The van der Waals surface area contributed by atoms with Crippen molar-refractivity contribution in [1.82, 2.24) is 0 Å². The van der Waals surface area contributed by atoms with Crippen LogP contribution in [0.3, 0.4) is 0 Å². The number of anilines is 1. The highest BCUT2D eigenvalue weighted by molar-refractivity contribution is 5.94. The first-order chi connectivity index (χ1) is 7.58. The molecule has 4 nitrogen and oxygen atoms in total. The predicted octanol–water partition coefficient (Wildman–Crippen LogP) is 1.99. The molecule has 0 spiro atoms. The molecule has 0 unspecified atom stereocenters. The third kappa shape index (κ3) is 2.27. The van der Waals surface area contributed by atoms with E-state index in [1.165, 1.54) is 0 Å². The van der Waals surface area contributed by atoms with Crippen molar-refractivity contribution in [3.05, 3.63) is 23.8 Å². The van der Waals surface area contributed by atoms with Gasteiger partial charge in [-0.25, -0.2) is 4.79 Å². The quantitative estimate of drug-likeness (QED) is 0.844. The van der Waals surface area contributed by atoms with Crippen LogP contribution in [0.1, 0.15) is 23.2 Å². The summed E-state index contributed by atoms with van der Waals surface area (Å²) >= 11 is 0. The SMILES string of the molecule is CN(C)c1cc(OC2CC2)ccc1C(=O)O. The summed E-state index contributed by atoms with van der Waals surface area (Å²) in [5, 5.41) is 9.03. The van der Waals surface area contributed by atoms with E-state index in [0.717, 1.165) is 18.6 Å². The number of rotatable bonds is 4. The Hall–Kier alpha value is -1.71. The van der Waals surface area contributed by atoms with Gasteiger partial charge in [0.05, 0.1) is 17.4 Å². The maximum absolute atomic E-state index is 11.0. The summed E-state index contributed by atoms with van der Waals surface area (Å²) < 4.78 is 5.63. The highest BCUT2D eigenvalue weighted by Gasteiger charge is 2.24. The van der Waals surface area contributed by atoms with Gasteiger partial charge in [0.2, 0.25) is 0 Å². The highest BCUT2D eigenvalue weighted by Crippen LogP contribution is 2.30. The van der Waals surface area contributed by atoms with Crippen LogP contribution in [0, 0.1) is 0 Å². The maximum Gasteiger partial charge on any atom is 0.337 e. The molecule has 4 heteroatoms. The van der Waals surface area contributed by atoms with Gasteiger partial charge >= 0.3 is 5.97 Å². The third-order valence-corrected chi connectivity index (χ3v) is 2.51. The summed E-state index contributed by atoms with van der Waals surface area (Å²) in [7, 11) is 3.64. The zero-order chi connectivity index (χ0) is 11.7. The lowest BCUT2D eigenvalue weighted by Gasteiger charge is -2.16. The zero-order valence-corrected chi connectivity index (χ0v) is 9.43. The fraction of sp³-hybridized carbons (Fsp3) is 0.417. The van der Waals surface area contributed by atoms with Crippen molar-refractivity contribution in [2.75, 3.05) is 19.0 Å². The van der Waals surface area contributed by atoms with Crippen LogP contribution in [0.5, 0.6) is 5.75 Å². The van der Waals surface area contributed by atoms with E-state index in [1.807, 2.05) is 14.1 Å². The molecule has 1 aliphatic rings. The zero-order valence-electron chi connectivity index (χ0n) is 9.43. The standard InChI is InChI=1S/C12H15NO3/c1-13(2)11-7-9(16-8-3-4-8)5-6-10(11)12(14)15/h5-8H,3-4H2,1-2H3,(H,14,15). The monoisotopic (exact) mass is 221 g/mol. The van der Waals surface area contributed by atoms with Crippen LogP contribution >= 0.6 is 0 Å². The van der Waals surface area contributed by atoms with E-state index in [1.54, 1.807) is 23.1 Å². The van der Waals surface area contributed by atoms with E-state index in [-0.39, 0.29) is 0 Å². The lowest BCUT2D eigenvalue weighted by Crippen LogP contribution is -2.14. The molecule has 0 aliphatic heterocycles. The van der Waals surface area contributed by atoms with E-state index < -0.39 is 5.97 Å². The normalized spacial score (nSPS) is 14.6. The molecule has 2 rings (SSSR count). The van der Waals surface area contributed by atoms with Crippen LogP contribution in [0.15, 0.2) is 18.2 Å². The van der Waals surface area contributed by atoms with E-state index in [4.69, 9.17) is 9.84 Å². The van der Waals surface area contributed by atoms with Gasteiger partial charge in [0.15, 0.2) is 0 Å². The van der Waals surface area contributed by atoms with Crippen LogP contribution < -0.4 is 9.64 Å². The fourth-order valence-corrected chi connectivity index (χ4v) is 1.51. The van der Waals surface area contributed by atoms with Crippen molar-refractivity contribution in [3.8, 4) is 5.75 Å². The molecule has 16 heavy (non-hydrogen) atoms. The Morgan fingerprint density at radius 1 is 1.44 bits per heavy atom. The van der Waals surface area contributed by atoms with Gasteiger partial charge in [-0.3, -0.25) is 0 Å². The summed E-state index contributed by atoms with van der Waals surface area (Å²) in [6.07, 6.45) is 2.52. The van der Waals surface area contributed by atoms with Crippen LogP contribution in [0.2, 0.25) is 0 Å². The first-order valence-corrected chi connectivity index (χ1v) is 5.29. The molecule has 1 aromatic rings. The number of aromatic carboxylic acids is 1. The molecule has 1 fully saturated rings. The minimum atomic E-state index is -0.915. The fourth-order valence-electron chi connectivity index (χ4n) is 1.51. The van der Waals surface area contributed by atoms with E-state index >= 15 is 0 Å². The molecule has 1 aliphatic carbocycles. The van der Waals surface area contributed by atoms with Crippen molar-refractivity contribution in [2.45, 2.75) is 18.9 Å². The van der Waals surface area contributed by atoms with Gasteiger partial charge in [-0.2, -0.15) is 0 Å². The van der Waals surface area contributed by atoms with Gasteiger partial charge in [0.25, 0.3) is 0 Å². The lowest BCUT2D eigenvalue weighted by atomic mass is 10.1. The van der Waals surface area contributed by atoms with Crippen molar-refractivity contribution in [2.24, 2.45) is 0 Å². The van der Waals surface area contributed by atoms with Gasteiger partial charge < -0.3 is 14.7 Å². The number of hydrogen-bond donors (Lipinski definition) is 1. The first-order valence-electron chi connectivity index (χ1n) is 5.29. The first kappa shape index (κ1) is 10.8. The molecule has 0 aromatic heterocycles. The minimum Gasteiger partial charge on any atom is -0.490 e. The van der Waals surface area contributed by atoms with Gasteiger partial charge in [0.1, 0.15) is 5.75 Å². The molecular weight excluding hydrogens is 206 g/mol. The number of ether oxygens (including phenoxy) is 1. The second kappa shape index (κ2) is 4.04. The van der Waals surface area contributed by atoms with E-state index in [0.29, 0.717) is 17.4 Å². The van der Waals surface area contributed by atoms with Gasteiger partial charge in [-0.15, -0.1) is 0 Å². The molecule has 1 aromatic carbocycles. The predicted molar refractivity (Wildman–Crippen MR) is 61.4 cm³/mol. The molecule has 1 saturated carbocycles. The summed E-state index contributed by atoms with van der Waals surface area (Å²) in [6.45, 7) is 0. The second-order valence-corrected chi connectivity index (χ2v) is 4.20. The Bertz CT molecular complexity index is 411. The van der Waals surface area contributed by atoms with E-state index in [2.05, 4.69) is 0 Å². The average Bonchev–Trinajstić information content (AvgIpc) is 3.01. The van der Waals surface area contributed by atoms with Crippen LogP contribution in [0.25, 0.3) is 0 Å². The van der Waals surface area contributed by atoms with Crippen molar-refractivity contribution >= 4 is 11.7 Å². The maximum atomic E-state index is 11.0. The summed E-state index contributed by atoms with van der Waals surface area (Å²) in [6, 6.07) is 5.09. The van der Waals surface area contributed by atoms with Crippen LogP contribution in [-0.4, -0.2) is 31.3 Å². The molecule has 86 valence electrons. The largest absolute Gasteiger partial charge is 0.490 e. The lowest BCUT2D eigenvalue weighted by molar-refractivity contribution is 0.0697. The van der Waals surface area contributed by atoms with Crippen LogP contribution in [-0.2, 0) is 0 Å². The molecule has 0 heterocycles. The summed E-state index contributed by atoms with van der Waals surface area (Å²) in [5.74, 6) is -0.169. The van der Waals surface area contributed by atoms with Gasteiger partial charge in [-0.1, -0.05) is 0 Å². The number of nitrogens with zero attached hydrogens (tertiary/aromatic N) is 1. The number of benzene rings is 1. The topological polar surface area (TPSA) is 49.8 Å². The molecular formula is C12H15NO3. The molecule has 0 amide bonds. The Morgan fingerprint density at radius 2 is 2.12 bits per heavy atom. The molecule has 0 radical (unpaired) electrons. The summed E-state index contributed by atoms with van der Waals surface area (Å²) in [5.41, 5.74) is 0.971. The number of hydrogen-bond acceptors (Lipinski definition) is 3. The molecule has 0 saturated heterocycles. The third-order valence-electron chi connectivity index (χ3n) is 2.51. The van der Waals surface area contributed by atoms with E-state index in [9.17, 15) is 4.79 Å². The Labute approximate surface area is 94.4 Å². The van der Waals surface area contributed by atoms with Crippen LogP contribution in [0.4, 0.5) is 5.69 Å². The molecule has 1 N–H and O–H groups in total. The number of carboxylic acid groups (broad SMARTS) is 1.